The zero-order valence-electron chi connectivity index (χ0n) is 12.2. The number of halogens is 1. The Morgan fingerprint density at radius 3 is 2.50 bits per heavy atom. The second kappa shape index (κ2) is 7.18. The second-order valence-corrected chi connectivity index (χ2v) is 5.90. The lowest BCUT2D eigenvalue weighted by molar-refractivity contribution is 0.327. The predicted molar refractivity (Wildman–Crippen MR) is 79.3 cm³/mol. The van der Waals surface area contributed by atoms with Gasteiger partial charge in [0.05, 0.1) is 11.7 Å². The average Bonchev–Trinajstić information content (AvgIpc) is 2.79. The van der Waals surface area contributed by atoms with Crippen LogP contribution >= 0.6 is 11.6 Å². The van der Waals surface area contributed by atoms with Crippen molar-refractivity contribution in [2.75, 3.05) is 5.88 Å². The Labute approximate surface area is 117 Å². The molecule has 2 nitrogen and oxygen atoms in total. The van der Waals surface area contributed by atoms with Crippen molar-refractivity contribution in [3.05, 3.63) is 18.0 Å². The van der Waals surface area contributed by atoms with Crippen LogP contribution in [0.3, 0.4) is 0 Å². The van der Waals surface area contributed by atoms with Crippen LogP contribution in [-0.4, -0.2) is 15.7 Å². The van der Waals surface area contributed by atoms with Crippen LogP contribution in [0.15, 0.2) is 12.3 Å². The average molecular weight is 271 g/mol. The Morgan fingerprint density at radius 2 is 2.00 bits per heavy atom. The van der Waals surface area contributed by atoms with E-state index in [1.165, 1.54) is 12.1 Å². The van der Waals surface area contributed by atoms with E-state index >= 15 is 0 Å². The summed E-state index contributed by atoms with van der Waals surface area (Å²) >= 11 is 6.13. The minimum Gasteiger partial charge on any atom is -0.269 e. The summed E-state index contributed by atoms with van der Waals surface area (Å²) in [5.41, 5.74) is 1.36. The summed E-state index contributed by atoms with van der Waals surface area (Å²) in [5, 5.41) is 4.73. The number of nitrogens with zero attached hydrogens (tertiary/aromatic N) is 2. The maximum absolute atomic E-state index is 6.13. The Balaban J connectivity index is 2.73. The summed E-state index contributed by atoms with van der Waals surface area (Å²) in [6.45, 7) is 8.91. The summed E-state index contributed by atoms with van der Waals surface area (Å²) in [7, 11) is 0. The topological polar surface area (TPSA) is 17.8 Å². The third-order valence-corrected chi connectivity index (χ3v) is 4.41. The van der Waals surface area contributed by atoms with Gasteiger partial charge in [-0.05, 0) is 37.2 Å². The molecule has 0 bridgehead atoms. The van der Waals surface area contributed by atoms with Crippen molar-refractivity contribution in [2.24, 2.45) is 5.41 Å². The molecule has 1 rings (SSSR count). The van der Waals surface area contributed by atoms with Gasteiger partial charge in [0.15, 0.2) is 0 Å². The first-order chi connectivity index (χ1) is 8.58. The highest BCUT2D eigenvalue weighted by Crippen LogP contribution is 2.29. The number of hydrogen-bond acceptors (Lipinski definition) is 1. The van der Waals surface area contributed by atoms with Crippen molar-refractivity contribution in [1.29, 1.82) is 0 Å². The monoisotopic (exact) mass is 270 g/mol. The van der Waals surface area contributed by atoms with E-state index in [9.17, 15) is 0 Å². The van der Waals surface area contributed by atoms with E-state index in [2.05, 4.69) is 44.6 Å². The highest BCUT2D eigenvalue weighted by Gasteiger charge is 2.24. The van der Waals surface area contributed by atoms with Crippen LogP contribution < -0.4 is 0 Å². The largest absolute Gasteiger partial charge is 0.269 e. The molecule has 0 aliphatic rings. The quantitative estimate of drug-likeness (QED) is 0.619. The van der Waals surface area contributed by atoms with Crippen LogP contribution in [-0.2, 0) is 6.42 Å². The van der Waals surface area contributed by atoms with E-state index < -0.39 is 0 Å². The fourth-order valence-corrected chi connectivity index (χ4v) is 2.81. The van der Waals surface area contributed by atoms with Gasteiger partial charge in [0.25, 0.3) is 0 Å². The minimum atomic E-state index is 0.184. The second-order valence-electron chi connectivity index (χ2n) is 5.63. The maximum atomic E-state index is 6.13. The molecule has 18 heavy (non-hydrogen) atoms. The Morgan fingerprint density at radius 1 is 1.33 bits per heavy atom. The molecule has 1 atom stereocenters. The van der Waals surface area contributed by atoms with Gasteiger partial charge in [-0.25, -0.2) is 0 Å². The first-order valence-corrected chi connectivity index (χ1v) is 7.72. The highest BCUT2D eigenvalue weighted by molar-refractivity contribution is 6.18. The Bertz CT molecular complexity index is 344. The number of rotatable bonds is 8. The smallest absolute Gasteiger partial charge is 0.0630 e. The van der Waals surface area contributed by atoms with E-state index in [4.69, 9.17) is 16.7 Å². The summed E-state index contributed by atoms with van der Waals surface area (Å²) in [6.07, 6.45) is 7.72. The molecule has 0 saturated carbocycles. The van der Waals surface area contributed by atoms with Crippen molar-refractivity contribution >= 4 is 11.6 Å². The number of hydrogen-bond donors (Lipinski definition) is 0. The van der Waals surface area contributed by atoms with Gasteiger partial charge in [-0.2, -0.15) is 5.10 Å². The molecule has 1 heterocycles. The molecular formula is C15H27ClN2. The van der Waals surface area contributed by atoms with Crippen LogP contribution in [0.2, 0.25) is 0 Å². The van der Waals surface area contributed by atoms with Crippen molar-refractivity contribution in [1.82, 2.24) is 9.78 Å². The SMILES string of the molecule is CCCC(C)(CCl)Cc1ccn(C(CC)CC)n1. The van der Waals surface area contributed by atoms with Crippen LogP contribution in [0.4, 0.5) is 0 Å². The van der Waals surface area contributed by atoms with E-state index in [1.54, 1.807) is 0 Å². The van der Waals surface area contributed by atoms with Crippen LogP contribution in [0.25, 0.3) is 0 Å². The molecule has 0 saturated heterocycles. The minimum absolute atomic E-state index is 0.184. The first kappa shape index (κ1) is 15.6. The molecule has 0 aliphatic carbocycles. The normalized spacial score (nSPS) is 15.0. The van der Waals surface area contributed by atoms with Crippen molar-refractivity contribution in [3.63, 3.8) is 0 Å². The molecule has 0 fully saturated rings. The van der Waals surface area contributed by atoms with Gasteiger partial charge in [0, 0.05) is 12.1 Å². The lowest BCUT2D eigenvalue weighted by atomic mass is 9.83. The van der Waals surface area contributed by atoms with Crippen LogP contribution in [0.5, 0.6) is 0 Å². The zero-order valence-corrected chi connectivity index (χ0v) is 13.0. The molecule has 0 aromatic carbocycles. The van der Waals surface area contributed by atoms with Gasteiger partial charge in [0.1, 0.15) is 0 Å². The van der Waals surface area contributed by atoms with Crippen molar-refractivity contribution < 1.29 is 0 Å². The standard InChI is InChI=1S/C15H27ClN2/c1-5-9-15(4,12-16)11-13-8-10-18(17-13)14(6-2)7-3/h8,10,14H,5-7,9,11-12H2,1-4H3. The molecule has 1 aromatic rings. The Hall–Kier alpha value is -0.500. The van der Waals surface area contributed by atoms with Gasteiger partial charge in [0.2, 0.25) is 0 Å². The van der Waals surface area contributed by atoms with E-state index in [0.29, 0.717) is 11.9 Å². The number of alkyl halides is 1. The summed E-state index contributed by atoms with van der Waals surface area (Å²) in [5.74, 6) is 0.707. The third-order valence-electron chi connectivity index (χ3n) is 3.76. The third kappa shape index (κ3) is 4.01. The zero-order chi connectivity index (χ0) is 13.6. The van der Waals surface area contributed by atoms with Crippen LogP contribution in [0, 0.1) is 5.41 Å². The van der Waals surface area contributed by atoms with Gasteiger partial charge >= 0.3 is 0 Å². The van der Waals surface area contributed by atoms with Crippen LogP contribution in [0.1, 0.15) is 65.1 Å². The summed E-state index contributed by atoms with van der Waals surface area (Å²) < 4.78 is 2.12. The summed E-state index contributed by atoms with van der Waals surface area (Å²) in [4.78, 5) is 0. The molecular weight excluding hydrogens is 244 g/mol. The molecule has 104 valence electrons. The summed E-state index contributed by atoms with van der Waals surface area (Å²) in [6, 6.07) is 2.69. The Kier molecular flexibility index (Phi) is 6.20. The van der Waals surface area contributed by atoms with Gasteiger partial charge in [-0.15, -0.1) is 11.6 Å². The molecule has 0 N–H and O–H groups in total. The van der Waals surface area contributed by atoms with E-state index in [1.807, 2.05) is 0 Å². The molecule has 0 spiro atoms. The van der Waals surface area contributed by atoms with E-state index in [0.717, 1.165) is 25.7 Å². The predicted octanol–water partition coefficient (Wildman–Crippen LogP) is 4.83. The maximum Gasteiger partial charge on any atom is 0.0630 e. The molecule has 3 heteroatoms. The lowest BCUT2D eigenvalue weighted by Crippen LogP contribution is -2.22. The molecule has 0 amide bonds. The molecule has 0 radical (unpaired) electrons. The first-order valence-electron chi connectivity index (χ1n) is 7.18. The van der Waals surface area contributed by atoms with Crippen molar-refractivity contribution in [2.45, 2.75) is 65.8 Å². The molecule has 1 aromatic heterocycles. The number of aromatic nitrogens is 2. The van der Waals surface area contributed by atoms with Gasteiger partial charge in [-0.3, -0.25) is 4.68 Å². The molecule has 0 aliphatic heterocycles. The van der Waals surface area contributed by atoms with E-state index in [-0.39, 0.29) is 5.41 Å². The fourth-order valence-electron chi connectivity index (χ4n) is 2.58. The highest BCUT2D eigenvalue weighted by atomic mass is 35.5. The fraction of sp³-hybridized carbons (Fsp3) is 0.800. The lowest BCUT2D eigenvalue weighted by Gasteiger charge is -2.25. The van der Waals surface area contributed by atoms with Gasteiger partial charge in [-0.1, -0.05) is 34.1 Å². The van der Waals surface area contributed by atoms with Crippen molar-refractivity contribution in [3.8, 4) is 0 Å². The molecule has 1 unspecified atom stereocenters. The van der Waals surface area contributed by atoms with Gasteiger partial charge < -0.3 is 0 Å².